The Morgan fingerprint density at radius 2 is 0.775 bits per heavy atom. The molecule has 5 nitrogen and oxygen atoms in total. The topological polar surface area (TPSA) is 98.0 Å². The van der Waals surface area contributed by atoms with E-state index >= 15 is 0 Å². The summed E-state index contributed by atoms with van der Waals surface area (Å²) in [7, 11) is 0. The molecule has 0 unspecified atom stereocenters. The zero-order chi connectivity index (χ0) is 30.3. The van der Waals surface area contributed by atoms with Gasteiger partial charge in [-0.15, -0.1) is 0 Å². The summed E-state index contributed by atoms with van der Waals surface area (Å²) < 4.78 is -0.889. The van der Waals surface area contributed by atoms with Crippen molar-refractivity contribution in [3.05, 3.63) is 118 Å². The predicted octanol–water partition coefficient (Wildman–Crippen LogP) is 9.05. The standard InChI is InChI=1S/C17H20O2.C15H16O2.CCl2O/c1-11-9-13(5-7-15(11)18)17(3,4)14-6-8-16(19)12(2)10-14;1-15(2,11-3-7-13(16)8-4-11)12-5-9-14(17)10-6-12;2-1(3)4/h5-10,18-19H,1-4H3;3-10,16-17H,1-2H3;. The van der Waals surface area contributed by atoms with Crippen LogP contribution < -0.4 is 0 Å². The fraction of sp³-hybridized carbons (Fsp3) is 0.242. The Labute approximate surface area is 246 Å². The molecule has 212 valence electrons. The molecule has 40 heavy (non-hydrogen) atoms. The summed E-state index contributed by atoms with van der Waals surface area (Å²) in [6.07, 6.45) is 0. The number of phenols is 4. The molecule has 0 amide bonds. The van der Waals surface area contributed by atoms with Gasteiger partial charge in [0.15, 0.2) is 0 Å². The van der Waals surface area contributed by atoms with Gasteiger partial charge in [-0.2, -0.15) is 0 Å². The molecule has 0 radical (unpaired) electrons. The molecular weight excluding hydrogens is 547 g/mol. The van der Waals surface area contributed by atoms with E-state index in [1.165, 1.54) is 0 Å². The summed E-state index contributed by atoms with van der Waals surface area (Å²) in [5.74, 6) is 1.19. The Hall–Kier alpha value is -3.67. The summed E-state index contributed by atoms with van der Waals surface area (Å²) in [4.78, 5) is 8.98. The highest BCUT2D eigenvalue weighted by atomic mass is 35.5. The van der Waals surface area contributed by atoms with E-state index in [4.69, 9.17) is 4.79 Å². The van der Waals surface area contributed by atoms with Crippen LogP contribution in [0.1, 0.15) is 61.1 Å². The maximum absolute atomic E-state index is 9.63. The summed E-state index contributed by atoms with van der Waals surface area (Å²) in [5, 5.41) is 37.8. The van der Waals surface area contributed by atoms with E-state index in [2.05, 4.69) is 50.9 Å². The molecular formula is C33H36Cl2O5. The van der Waals surface area contributed by atoms with Gasteiger partial charge in [-0.05, 0) is 107 Å². The van der Waals surface area contributed by atoms with Gasteiger partial charge in [0.25, 0.3) is 0 Å². The monoisotopic (exact) mass is 582 g/mol. The normalized spacial score (nSPS) is 11.0. The highest BCUT2D eigenvalue weighted by molar-refractivity contribution is 6.93. The number of aryl methyl sites for hydroxylation is 2. The van der Waals surface area contributed by atoms with Crippen molar-refractivity contribution in [2.24, 2.45) is 0 Å². The average Bonchev–Trinajstić information content (AvgIpc) is 2.88. The molecule has 4 rings (SSSR count). The van der Waals surface area contributed by atoms with Gasteiger partial charge in [0.05, 0.1) is 0 Å². The third kappa shape index (κ3) is 8.67. The van der Waals surface area contributed by atoms with Crippen molar-refractivity contribution >= 4 is 27.9 Å². The second-order valence-electron chi connectivity index (χ2n) is 10.6. The van der Waals surface area contributed by atoms with Crippen molar-refractivity contribution in [1.29, 1.82) is 0 Å². The van der Waals surface area contributed by atoms with Crippen LogP contribution >= 0.6 is 23.2 Å². The Morgan fingerprint density at radius 3 is 1.05 bits per heavy atom. The summed E-state index contributed by atoms with van der Waals surface area (Å²) >= 11 is 8.80. The van der Waals surface area contributed by atoms with Crippen molar-refractivity contribution in [1.82, 2.24) is 0 Å². The molecule has 0 aromatic heterocycles. The highest BCUT2D eigenvalue weighted by Gasteiger charge is 2.24. The molecule has 0 atom stereocenters. The van der Waals surface area contributed by atoms with Crippen LogP contribution in [0.2, 0.25) is 0 Å². The maximum Gasteiger partial charge on any atom is 0.313 e. The zero-order valence-electron chi connectivity index (χ0n) is 23.5. The Morgan fingerprint density at radius 1 is 0.525 bits per heavy atom. The van der Waals surface area contributed by atoms with E-state index in [0.717, 1.165) is 33.4 Å². The number of phenolic OH excluding ortho intramolecular Hbond substituents is 4. The maximum atomic E-state index is 9.63. The zero-order valence-corrected chi connectivity index (χ0v) is 25.0. The lowest BCUT2D eigenvalue weighted by atomic mass is 9.77. The van der Waals surface area contributed by atoms with Gasteiger partial charge < -0.3 is 20.4 Å². The van der Waals surface area contributed by atoms with Crippen molar-refractivity contribution in [3.8, 4) is 23.0 Å². The molecule has 0 saturated heterocycles. The SMILES string of the molecule is CC(C)(c1ccc(O)cc1)c1ccc(O)cc1.Cc1cc(C(C)(C)c2ccc(O)c(C)c2)ccc1O.O=C(Cl)Cl. The quantitative estimate of drug-likeness (QED) is 0.180. The first-order valence-corrected chi connectivity index (χ1v) is 13.4. The number of hydrogen-bond donors (Lipinski definition) is 4. The van der Waals surface area contributed by atoms with E-state index in [1.807, 2.05) is 62.4 Å². The summed E-state index contributed by atoms with van der Waals surface area (Å²) in [6.45, 7) is 12.3. The number of hydrogen-bond acceptors (Lipinski definition) is 5. The lowest BCUT2D eigenvalue weighted by molar-refractivity contribution is 0.275. The number of benzene rings is 4. The molecule has 0 aliphatic rings. The minimum absolute atomic E-state index is 0.151. The second-order valence-corrected chi connectivity index (χ2v) is 11.5. The van der Waals surface area contributed by atoms with Gasteiger partial charge in [-0.25, -0.2) is 0 Å². The Bertz CT molecular complexity index is 1320. The van der Waals surface area contributed by atoms with Gasteiger partial charge in [-0.3, -0.25) is 4.79 Å². The van der Waals surface area contributed by atoms with Crippen LogP contribution in [-0.2, 0) is 10.8 Å². The van der Waals surface area contributed by atoms with Crippen LogP contribution in [0.4, 0.5) is 4.79 Å². The molecule has 0 spiro atoms. The van der Waals surface area contributed by atoms with Crippen molar-refractivity contribution < 1.29 is 25.2 Å². The van der Waals surface area contributed by atoms with Crippen molar-refractivity contribution in [2.45, 2.75) is 52.4 Å². The third-order valence-electron chi connectivity index (χ3n) is 7.01. The Kier molecular flexibility index (Phi) is 11.1. The number of carbonyl (C=O) groups excluding carboxylic acids is 1. The van der Waals surface area contributed by atoms with Gasteiger partial charge >= 0.3 is 4.70 Å². The molecule has 0 fully saturated rings. The van der Waals surface area contributed by atoms with Crippen molar-refractivity contribution in [2.75, 3.05) is 0 Å². The third-order valence-corrected chi connectivity index (χ3v) is 7.01. The van der Waals surface area contributed by atoms with Crippen LogP contribution in [0.3, 0.4) is 0 Å². The summed E-state index contributed by atoms with van der Waals surface area (Å²) in [5.41, 5.74) is 5.98. The second kappa shape index (κ2) is 13.6. The van der Waals surface area contributed by atoms with Gasteiger partial charge in [0, 0.05) is 10.8 Å². The van der Waals surface area contributed by atoms with Gasteiger partial charge in [0.2, 0.25) is 0 Å². The van der Waals surface area contributed by atoms with E-state index in [0.29, 0.717) is 11.5 Å². The molecule has 7 heteroatoms. The molecule has 0 saturated carbocycles. The highest BCUT2D eigenvalue weighted by Crippen LogP contribution is 2.35. The first-order valence-electron chi connectivity index (χ1n) is 12.6. The minimum Gasteiger partial charge on any atom is -0.508 e. The van der Waals surface area contributed by atoms with Crippen LogP contribution in [0.25, 0.3) is 0 Å². The van der Waals surface area contributed by atoms with Gasteiger partial charge in [-0.1, -0.05) is 76.2 Å². The fourth-order valence-electron chi connectivity index (χ4n) is 4.18. The largest absolute Gasteiger partial charge is 0.508 e. The predicted molar refractivity (Wildman–Crippen MR) is 163 cm³/mol. The van der Waals surface area contributed by atoms with Crippen LogP contribution in [0.15, 0.2) is 84.9 Å². The van der Waals surface area contributed by atoms with E-state index in [-0.39, 0.29) is 22.3 Å². The molecule has 4 aromatic carbocycles. The van der Waals surface area contributed by atoms with E-state index in [9.17, 15) is 20.4 Å². The fourth-order valence-corrected chi connectivity index (χ4v) is 4.18. The van der Waals surface area contributed by atoms with Crippen LogP contribution in [0.5, 0.6) is 23.0 Å². The summed E-state index contributed by atoms with van der Waals surface area (Å²) in [6, 6.07) is 25.8. The molecule has 0 aliphatic carbocycles. The number of halogens is 2. The smallest absolute Gasteiger partial charge is 0.313 e. The molecule has 4 N–H and O–H groups in total. The lowest BCUT2D eigenvalue weighted by Gasteiger charge is -2.27. The Balaban J connectivity index is 0.000000249. The minimum atomic E-state index is -0.889. The molecule has 0 aliphatic heterocycles. The average molecular weight is 584 g/mol. The van der Waals surface area contributed by atoms with E-state index < -0.39 is 4.70 Å². The first kappa shape index (κ1) is 32.5. The number of aromatic hydroxyl groups is 4. The first-order chi connectivity index (χ1) is 18.5. The van der Waals surface area contributed by atoms with Crippen LogP contribution in [-0.4, -0.2) is 25.1 Å². The molecule has 4 aromatic rings. The molecule has 0 bridgehead atoms. The number of rotatable bonds is 4. The van der Waals surface area contributed by atoms with E-state index in [1.54, 1.807) is 36.4 Å². The number of carbonyl (C=O) groups is 1. The van der Waals surface area contributed by atoms with Crippen molar-refractivity contribution in [3.63, 3.8) is 0 Å². The van der Waals surface area contributed by atoms with Crippen LogP contribution in [0, 0.1) is 13.8 Å². The lowest BCUT2D eigenvalue weighted by Crippen LogP contribution is -2.19. The van der Waals surface area contributed by atoms with Gasteiger partial charge in [0.1, 0.15) is 23.0 Å². The molecule has 0 heterocycles.